The van der Waals surface area contributed by atoms with Crippen molar-refractivity contribution in [3.05, 3.63) is 80.9 Å². The molecule has 3 aromatic rings. The van der Waals surface area contributed by atoms with Gasteiger partial charge in [0.1, 0.15) is 27.8 Å². The molecule has 37 heavy (non-hydrogen) atoms. The number of phenols is 1. The third-order valence-electron chi connectivity index (χ3n) is 4.93. The number of phenolic OH excluding ortho intramolecular Hbond substituents is 1. The smallest absolute Gasteiger partial charge is 0.342 e. The topological polar surface area (TPSA) is 171 Å². The highest BCUT2D eigenvalue weighted by Crippen LogP contribution is 2.29. The molecule has 0 spiro atoms. The van der Waals surface area contributed by atoms with Crippen LogP contribution in [0.5, 0.6) is 17.2 Å². The van der Waals surface area contributed by atoms with Gasteiger partial charge in [0.2, 0.25) is 5.78 Å². The monoisotopic (exact) mass is 550 g/mol. The Labute approximate surface area is 215 Å². The number of esters is 1. The number of Topliss-reactive ketones (excluding diaryl/α,β-unsaturated/α-hetero) is 1. The standard InChI is InChI=1S/C23H19ClN2O10S/c1-34-14-4-8-22(35-2)16(10-14)21(28)12-36-23(29)17-9-13(3-7-20(17)27)25-37(32,33)15-5-6-18(24)19(11-15)26(30)31/h3-11,25,27H,12H2,1-2H3. The van der Waals surface area contributed by atoms with Gasteiger partial charge in [-0.1, -0.05) is 11.6 Å². The number of halogens is 1. The molecule has 14 heteroatoms. The molecule has 0 atom stereocenters. The van der Waals surface area contributed by atoms with Crippen LogP contribution in [0.15, 0.2) is 59.5 Å². The van der Waals surface area contributed by atoms with Gasteiger partial charge in [-0.2, -0.15) is 0 Å². The number of ether oxygens (including phenoxy) is 3. The minimum absolute atomic E-state index is 0.0949. The summed E-state index contributed by atoms with van der Waals surface area (Å²) in [6, 6.07) is 10.6. The van der Waals surface area contributed by atoms with Gasteiger partial charge in [0.05, 0.1) is 29.6 Å². The van der Waals surface area contributed by atoms with E-state index in [0.29, 0.717) is 5.75 Å². The van der Waals surface area contributed by atoms with Crippen LogP contribution in [0.3, 0.4) is 0 Å². The fourth-order valence-electron chi connectivity index (χ4n) is 3.10. The zero-order chi connectivity index (χ0) is 27.3. The summed E-state index contributed by atoms with van der Waals surface area (Å²) in [5.74, 6) is -1.68. The van der Waals surface area contributed by atoms with Crippen LogP contribution in [-0.2, 0) is 14.8 Å². The van der Waals surface area contributed by atoms with Crippen molar-refractivity contribution in [3.63, 3.8) is 0 Å². The van der Waals surface area contributed by atoms with Crippen LogP contribution in [0.2, 0.25) is 5.02 Å². The van der Waals surface area contributed by atoms with Crippen LogP contribution < -0.4 is 14.2 Å². The second kappa shape index (κ2) is 11.1. The van der Waals surface area contributed by atoms with E-state index in [9.17, 15) is 33.2 Å². The van der Waals surface area contributed by atoms with Gasteiger partial charge >= 0.3 is 5.97 Å². The lowest BCUT2D eigenvalue weighted by Gasteiger charge is -2.12. The molecule has 3 rings (SSSR count). The van der Waals surface area contributed by atoms with E-state index < -0.39 is 55.2 Å². The Morgan fingerprint density at radius 3 is 2.41 bits per heavy atom. The Morgan fingerprint density at radius 1 is 1.03 bits per heavy atom. The van der Waals surface area contributed by atoms with E-state index >= 15 is 0 Å². The van der Waals surface area contributed by atoms with Crippen LogP contribution in [0.1, 0.15) is 20.7 Å². The maximum Gasteiger partial charge on any atom is 0.342 e. The lowest BCUT2D eigenvalue weighted by Crippen LogP contribution is -2.16. The molecule has 0 saturated carbocycles. The van der Waals surface area contributed by atoms with Crippen molar-refractivity contribution in [2.45, 2.75) is 4.90 Å². The number of nitro groups is 1. The molecule has 0 radical (unpaired) electrons. The molecule has 0 saturated heterocycles. The SMILES string of the molecule is COc1ccc(OC)c(C(=O)COC(=O)c2cc(NS(=O)(=O)c3ccc(Cl)c([N+](=O)[O-])c3)ccc2O)c1. The molecule has 12 nitrogen and oxygen atoms in total. The minimum Gasteiger partial charge on any atom is -0.507 e. The third-order valence-corrected chi connectivity index (χ3v) is 6.63. The van der Waals surface area contributed by atoms with Crippen molar-refractivity contribution in [2.75, 3.05) is 25.5 Å². The third kappa shape index (κ3) is 6.26. The first-order valence-electron chi connectivity index (χ1n) is 10.2. The second-order valence-corrected chi connectivity index (χ2v) is 9.36. The van der Waals surface area contributed by atoms with Gasteiger partial charge in [-0.15, -0.1) is 0 Å². The van der Waals surface area contributed by atoms with Crippen molar-refractivity contribution in [1.82, 2.24) is 0 Å². The maximum absolute atomic E-state index is 12.7. The van der Waals surface area contributed by atoms with Crippen molar-refractivity contribution in [2.24, 2.45) is 0 Å². The van der Waals surface area contributed by atoms with E-state index in [0.717, 1.165) is 36.4 Å². The Bertz CT molecular complexity index is 1490. The van der Waals surface area contributed by atoms with E-state index in [2.05, 4.69) is 4.72 Å². The number of nitrogens with zero attached hydrogens (tertiary/aromatic N) is 1. The normalized spacial score (nSPS) is 10.9. The van der Waals surface area contributed by atoms with E-state index in [1.54, 1.807) is 6.07 Å². The number of benzene rings is 3. The Morgan fingerprint density at radius 2 is 1.76 bits per heavy atom. The van der Waals surface area contributed by atoms with E-state index in [-0.39, 0.29) is 22.0 Å². The summed E-state index contributed by atoms with van der Waals surface area (Å²) in [6.07, 6.45) is 0. The molecule has 0 heterocycles. The Hall–Kier alpha value is -4.36. The van der Waals surface area contributed by atoms with E-state index in [1.807, 2.05) is 0 Å². The molecule has 0 amide bonds. The first-order chi connectivity index (χ1) is 17.5. The lowest BCUT2D eigenvalue weighted by atomic mass is 10.1. The number of nitro benzene ring substituents is 1. The van der Waals surface area contributed by atoms with Crippen molar-refractivity contribution >= 4 is 44.8 Å². The maximum atomic E-state index is 12.7. The quantitative estimate of drug-likeness (QED) is 0.124. The fraction of sp³-hybridized carbons (Fsp3) is 0.130. The van der Waals surface area contributed by atoms with E-state index in [4.69, 9.17) is 25.8 Å². The first kappa shape index (κ1) is 27.2. The number of sulfonamides is 1. The number of anilines is 1. The highest BCUT2D eigenvalue weighted by atomic mass is 35.5. The van der Waals surface area contributed by atoms with Gasteiger partial charge < -0.3 is 19.3 Å². The predicted octanol–water partition coefficient (Wildman–Crippen LogP) is 3.81. The van der Waals surface area contributed by atoms with Gasteiger partial charge in [-0.05, 0) is 48.5 Å². The van der Waals surface area contributed by atoms with Gasteiger partial charge in [-0.25, -0.2) is 13.2 Å². The first-order valence-corrected chi connectivity index (χ1v) is 12.0. The van der Waals surface area contributed by atoms with Crippen molar-refractivity contribution in [1.29, 1.82) is 0 Å². The van der Waals surface area contributed by atoms with Gasteiger partial charge in [-0.3, -0.25) is 19.6 Å². The Kier molecular flexibility index (Phi) is 8.20. The summed E-state index contributed by atoms with van der Waals surface area (Å²) >= 11 is 5.72. The number of aromatic hydroxyl groups is 1. The molecular weight excluding hydrogens is 532 g/mol. The highest BCUT2D eigenvalue weighted by molar-refractivity contribution is 7.92. The number of carbonyl (C=O) groups is 2. The number of hydrogen-bond donors (Lipinski definition) is 2. The van der Waals surface area contributed by atoms with Gasteiger partial charge in [0, 0.05) is 11.8 Å². The molecule has 0 bridgehead atoms. The van der Waals surface area contributed by atoms with E-state index in [1.165, 1.54) is 26.4 Å². The zero-order valence-electron chi connectivity index (χ0n) is 19.3. The van der Waals surface area contributed by atoms with Gasteiger partial charge in [0.25, 0.3) is 15.7 Å². The number of methoxy groups -OCH3 is 2. The molecule has 0 aliphatic heterocycles. The number of carbonyl (C=O) groups excluding carboxylic acids is 2. The Balaban J connectivity index is 1.79. The average Bonchev–Trinajstić information content (AvgIpc) is 2.87. The molecule has 0 fully saturated rings. The molecule has 0 aliphatic carbocycles. The summed E-state index contributed by atoms with van der Waals surface area (Å²) in [5, 5.41) is 20.9. The number of nitrogens with one attached hydrogen (secondary N) is 1. The fourth-order valence-corrected chi connectivity index (χ4v) is 4.35. The minimum atomic E-state index is -4.34. The molecule has 0 unspecified atom stereocenters. The summed E-state index contributed by atoms with van der Waals surface area (Å²) < 4.78 is 42.8. The molecule has 0 aromatic heterocycles. The van der Waals surface area contributed by atoms with Gasteiger partial charge in [0.15, 0.2) is 6.61 Å². The van der Waals surface area contributed by atoms with Crippen LogP contribution in [0.4, 0.5) is 11.4 Å². The second-order valence-electron chi connectivity index (χ2n) is 7.27. The molecule has 194 valence electrons. The highest BCUT2D eigenvalue weighted by Gasteiger charge is 2.23. The van der Waals surface area contributed by atoms with Crippen LogP contribution >= 0.6 is 11.6 Å². The summed E-state index contributed by atoms with van der Waals surface area (Å²) in [5.41, 5.74) is -1.12. The van der Waals surface area contributed by atoms with Crippen LogP contribution in [0, 0.1) is 10.1 Å². The number of hydrogen-bond acceptors (Lipinski definition) is 10. The summed E-state index contributed by atoms with van der Waals surface area (Å²) in [4.78, 5) is 34.9. The molecule has 2 N–H and O–H groups in total. The predicted molar refractivity (Wildman–Crippen MR) is 131 cm³/mol. The number of ketones is 1. The lowest BCUT2D eigenvalue weighted by molar-refractivity contribution is -0.384. The largest absolute Gasteiger partial charge is 0.507 e. The van der Waals surface area contributed by atoms with Crippen molar-refractivity contribution < 1.29 is 42.2 Å². The molecule has 0 aliphatic rings. The number of rotatable bonds is 10. The molecule has 3 aromatic carbocycles. The molecular formula is C23H19ClN2O10S. The van der Waals surface area contributed by atoms with Crippen LogP contribution in [0.25, 0.3) is 0 Å². The summed E-state index contributed by atoms with van der Waals surface area (Å²) in [6.45, 7) is -0.716. The zero-order valence-corrected chi connectivity index (χ0v) is 20.8. The van der Waals surface area contributed by atoms with Crippen LogP contribution in [-0.4, -0.2) is 51.0 Å². The van der Waals surface area contributed by atoms with Crippen molar-refractivity contribution in [3.8, 4) is 17.2 Å². The average molecular weight is 551 g/mol. The summed E-state index contributed by atoms with van der Waals surface area (Å²) in [7, 11) is -1.57.